The minimum Gasteiger partial charge on any atom is -0.462 e. The second-order valence-corrected chi connectivity index (χ2v) is 16.2. The Labute approximate surface area is 375 Å². The van der Waals surface area contributed by atoms with Gasteiger partial charge in [0.05, 0.1) is 6.61 Å². The van der Waals surface area contributed by atoms with Gasteiger partial charge in [-0.05, 0) is 89.9 Å². The molecule has 0 saturated heterocycles. The number of ether oxygens (including phenoxy) is 2. The molecule has 354 valence electrons. The lowest BCUT2D eigenvalue weighted by atomic mass is 9.85. The summed E-state index contributed by atoms with van der Waals surface area (Å²) in [6, 6.07) is 0. The van der Waals surface area contributed by atoms with Crippen LogP contribution in [0.3, 0.4) is 0 Å². The number of allylic oxidation sites excluding steroid dienone is 20. The molecule has 6 N–H and O–H groups in total. The molecule has 0 radical (unpaired) electrons. The van der Waals surface area contributed by atoms with Crippen LogP contribution in [0.25, 0.3) is 0 Å². The molecule has 1 fully saturated rings. The van der Waals surface area contributed by atoms with Crippen molar-refractivity contribution >= 4 is 19.8 Å². The van der Waals surface area contributed by atoms with E-state index in [1.807, 2.05) is 24.3 Å². The lowest BCUT2D eigenvalue weighted by molar-refractivity contribution is -0.220. The topological polar surface area (TPSA) is 210 Å². The molecule has 1 aliphatic rings. The number of carbonyl (C=O) groups excluding carboxylic acids is 2. The van der Waals surface area contributed by atoms with Gasteiger partial charge in [-0.15, -0.1) is 0 Å². The van der Waals surface area contributed by atoms with Crippen molar-refractivity contribution in [2.24, 2.45) is 0 Å². The van der Waals surface area contributed by atoms with Crippen LogP contribution >= 0.6 is 7.82 Å². The first-order valence-corrected chi connectivity index (χ1v) is 23.8. The zero-order valence-corrected chi connectivity index (χ0v) is 38.2. The van der Waals surface area contributed by atoms with Crippen molar-refractivity contribution in [1.29, 1.82) is 0 Å². The number of aliphatic hydroxyl groups excluding tert-OH is 5. The Morgan fingerprint density at radius 2 is 0.873 bits per heavy atom. The fourth-order valence-corrected chi connectivity index (χ4v) is 6.74. The first-order valence-electron chi connectivity index (χ1n) is 22.3. The van der Waals surface area contributed by atoms with Crippen LogP contribution in [0.15, 0.2) is 122 Å². The molecule has 0 amide bonds. The standard InChI is InChI=1S/C49H75O13P/c1-3-5-7-9-11-13-15-17-19-20-21-22-24-25-27-29-31-33-35-37-42(50)59-39-41(40-60-63(57,58)62-49-47(55)45(53)44(52)46(54)48(49)56)61-43(51)38-36-34-32-30-28-26-23-18-16-14-12-10-8-6-4-2/h5-8,11-14,17-19,21-23,25,27-28,30-31,33,41,44-49,52-56H,3-4,9-10,15-16,20,24,26,29,32,34-40H2,1-2H3,(H,57,58)/b7-5-,8-6-,13-11-,14-12-,19-17-,22-21-,23-18-,27-25-,30-28-,33-31-/t41-,44?,45-,46?,47?,48?,49?/m1/s1. The smallest absolute Gasteiger partial charge is 0.462 e. The summed E-state index contributed by atoms with van der Waals surface area (Å²) in [5, 5.41) is 50.1. The van der Waals surface area contributed by atoms with Gasteiger partial charge in [0.2, 0.25) is 0 Å². The zero-order valence-electron chi connectivity index (χ0n) is 37.3. The third kappa shape index (κ3) is 30.1. The lowest BCUT2D eigenvalue weighted by Gasteiger charge is -2.41. The number of phosphoric acid groups is 1. The van der Waals surface area contributed by atoms with Crippen molar-refractivity contribution in [2.45, 2.75) is 159 Å². The third-order valence-corrected chi connectivity index (χ3v) is 10.3. The van der Waals surface area contributed by atoms with Crippen molar-refractivity contribution in [3.63, 3.8) is 0 Å². The van der Waals surface area contributed by atoms with Gasteiger partial charge in [-0.1, -0.05) is 135 Å². The van der Waals surface area contributed by atoms with Gasteiger partial charge in [0.1, 0.15) is 43.2 Å². The quantitative estimate of drug-likeness (QED) is 0.0155. The van der Waals surface area contributed by atoms with Crippen LogP contribution in [-0.4, -0.2) is 98.3 Å². The summed E-state index contributed by atoms with van der Waals surface area (Å²) in [5.41, 5.74) is 0. The van der Waals surface area contributed by atoms with E-state index in [9.17, 15) is 44.6 Å². The van der Waals surface area contributed by atoms with Crippen LogP contribution < -0.4 is 0 Å². The summed E-state index contributed by atoms with van der Waals surface area (Å²) >= 11 is 0. The molecule has 13 nitrogen and oxygen atoms in total. The van der Waals surface area contributed by atoms with E-state index in [1.54, 1.807) is 0 Å². The summed E-state index contributed by atoms with van der Waals surface area (Å²) in [6.07, 6.45) is 39.9. The Balaban J connectivity index is 2.57. The molecular formula is C49H75O13P. The SMILES string of the molecule is CC/C=C\C/C=C\C/C=C\C/C=C\C/C=C\C/C=C\CCC(=O)OC[C@H](COP(=O)(O)OC1C(O)C(O)C(O)[C@@H](O)C1O)OC(=O)CCCC/C=C\C/C=C\C/C=C\C/C=C\CC. The molecule has 1 saturated carbocycles. The molecule has 1 aliphatic carbocycles. The van der Waals surface area contributed by atoms with Gasteiger partial charge < -0.3 is 39.9 Å². The number of hydrogen-bond donors (Lipinski definition) is 6. The van der Waals surface area contributed by atoms with Crippen molar-refractivity contribution in [2.75, 3.05) is 13.2 Å². The highest BCUT2D eigenvalue weighted by Crippen LogP contribution is 2.47. The Morgan fingerprint density at radius 1 is 0.492 bits per heavy atom. The molecule has 0 bridgehead atoms. The highest BCUT2D eigenvalue weighted by atomic mass is 31.2. The van der Waals surface area contributed by atoms with Crippen molar-refractivity contribution in [3.05, 3.63) is 122 Å². The molecule has 63 heavy (non-hydrogen) atoms. The fraction of sp³-hybridized carbons (Fsp3) is 0.551. The summed E-state index contributed by atoms with van der Waals surface area (Å²) in [5.74, 6) is -1.26. The van der Waals surface area contributed by atoms with E-state index in [1.165, 1.54) is 0 Å². The molecular weight excluding hydrogens is 827 g/mol. The van der Waals surface area contributed by atoms with Gasteiger partial charge in [0.15, 0.2) is 6.10 Å². The maximum atomic E-state index is 12.8. The average Bonchev–Trinajstić information content (AvgIpc) is 3.26. The van der Waals surface area contributed by atoms with Crippen LogP contribution in [0.5, 0.6) is 0 Å². The predicted molar refractivity (Wildman–Crippen MR) is 248 cm³/mol. The van der Waals surface area contributed by atoms with Crippen LogP contribution in [0.2, 0.25) is 0 Å². The second-order valence-electron chi connectivity index (χ2n) is 14.8. The lowest BCUT2D eigenvalue weighted by Crippen LogP contribution is -2.64. The van der Waals surface area contributed by atoms with Crippen molar-refractivity contribution in [3.8, 4) is 0 Å². The normalized spacial score (nSPS) is 22.9. The molecule has 0 heterocycles. The first-order chi connectivity index (χ1) is 30.4. The number of phosphoric ester groups is 1. The maximum Gasteiger partial charge on any atom is 0.472 e. The van der Waals surface area contributed by atoms with Gasteiger partial charge in [-0.25, -0.2) is 4.57 Å². The molecule has 0 aromatic heterocycles. The number of hydrogen-bond acceptors (Lipinski definition) is 12. The van der Waals surface area contributed by atoms with Gasteiger partial charge in [0, 0.05) is 12.8 Å². The Hall–Kier alpha value is -3.75. The highest BCUT2D eigenvalue weighted by molar-refractivity contribution is 7.47. The summed E-state index contributed by atoms with van der Waals surface area (Å²) in [6.45, 7) is 2.94. The maximum absolute atomic E-state index is 12.8. The number of rotatable bonds is 34. The molecule has 14 heteroatoms. The molecule has 6 unspecified atom stereocenters. The molecule has 0 spiro atoms. The van der Waals surface area contributed by atoms with Crippen LogP contribution in [0.1, 0.15) is 117 Å². The van der Waals surface area contributed by atoms with Crippen LogP contribution in [-0.2, 0) is 32.7 Å². The van der Waals surface area contributed by atoms with Gasteiger partial charge >= 0.3 is 19.8 Å². The minimum atomic E-state index is -5.16. The first kappa shape index (κ1) is 57.3. The number of carbonyl (C=O) groups is 2. The number of aliphatic hydroxyl groups is 5. The summed E-state index contributed by atoms with van der Waals surface area (Å²) in [7, 11) is -5.16. The van der Waals surface area contributed by atoms with E-state index in [2.05, 4.69) is 111 Å². The van der Waals surface area contributed by atoms with Gasteiger partial charge in [-0.2, -0.15) is 0 Å². The molecule has 1 rings (SSSR count). The predicted octanol–water partition coefficient (Wildman–Crippen LogP) is 8.61. The van der Waals surface area contributed by atoms with E-state index in [-0.39, 0.29) is 12.8 Å². The molecule has 0 aliphatic heterocycles. The average molecular weight is 903 g/mol. The fourth-order valence-electron chi connectivity index (χ4n) is 5.77. The van der Waals surface area contributed by atoms with Gasteiger partial charge in [-0.3, -0.25) is 18.6 Å². The minimum absolute atomic E-state index is 0.0203. The highest BCUT2D eigenvalue weighted by Gasteiger charge is 2.51. The Morgan fingerprint density at radius 3 is 1.30 bits per heavy atom. The van der Waals surface area contributed by atoms with Crippen molar-refractivity contribution in [1.82, 2.24) is 0 Å². The third-order valence-electron chi connectivity index (χ3n) is 9.31. The molecule has 0 aromatic rings. The Kier molecular flexibility index (Phi) is 34.2. The largest absolute Gasteiger partial charge is 0.472 e. The van der Waals surface area contributed by atoms with Gasteiger partial charge in [0.25, 0.3) is 0 Å². The Bertz CT molecular complexity index is 1560. The van der Waals surface area contributed by atoms with E-state index in [0.29, 0.717) is 25.7 Å². The van der Waals surface area contributed by atoms with Crippen molar-refractivity contribution < 1.29 is 63.1 Å². The van der Waals surface area contributed by atoms with Crippen LogP contribution in [0, 0.1) is 0 Å². The molecule has 8 atom stereocenters. The van der Waals surface area contributed by atoms with E-state index in [4.69, 9.17) is 18.5 Å². The van der Waals surface area contributed by atoms with E-state index >= 15 is 0 Å². The zero-order chi connectivity index (χ0) is 46.4. The van der Waals surface area contributed by atoms with E-state index in [0.717, 1.165) is 64.2 Å². The number of esters is 2. The monoisotopic (exact) mass is 902 g/mol. The van der Waals surface area contributed by atoms with E-state index < -0.39 is 75.7 Å². The summed E-state index contributed by atoms with van der Waals surface area (Å²) < 4.78 is 33.4. The molecule has 0 aromatic carbocycles. The van der Waals surface area contributed by atoms with Crippen LogP contribution in [0.4, 0.5) is 0 Å². The second kappa shape index (κ2) is 37.6. The number of unbranched alkanes of at least 4 members (excludes halogenated alkanes) is 2. The summed E-state index contributed by atoms with van der Waals surface area (Å²) in [4.78, 5) is 35.6.